The van der Waals surface area contributed by atoms with Gasteiger partial charge in [0.05, 0.1) is 29.2 Å². The lowest BCUT2D eigenvalue weighted by atomic mass is 10.2. The van der Waals surface area contributed by atoms with E-state index in [2.05, 4.69) is 5.32 Å². The smallest absolute Gasteiger partial charge is 0.121 e. The molecule has 0 saturated heterocycles. The highest BCUT2D eigenvalue weighted by molar-refractivity contribution is 6.33. The summed E-state index contributed by atoms with van der Waals surface area (Å²) in [6.07, 6.45) is 0. The number of benzene rings is 2. The number of anilines is 3. The van der Waals surface area contributed by atoms with Crippen LogP contribution in [0.4, 0.5) is 17.1 Å². The summed E-state index contributed by atoms with van der Waals surface area (Å²) >= 11 is 12.0. The highest BCUT2D eigenvalue weighted by Gasteiger charge is 2.06. The summed E-state index contributed by atoms with van der Waals surface area (Å²) in [7, 11) is 1.60. The summed E-state index contributed by atoms with van der Waals surface area (Å²) in [5.41, 5.74) is 7.88. The van der Waals surface area contributed by atoms with Gasteiger partial charge in [0.1, 0.15) is 5.75 Å². The van der Waals surface area contributed by atoms with Gasteiger partial charge in [-0.3, -0.25) is 0 Å². The van der Waals surface area contributed by atoms with Crippen LogP contribution in [0.25, 0.3) is 0 Å². The number of hydrogen-bond donors (Lipinski definition) is 2. The Morgan fingerprint density at radius 3 is 2.56 bits per heavy atom. The van der Waals surface area contributed by atoms with E-state index in [1.165, 1.54) is 0 Å². The third-order valence-corrected chi connectivity index (χ3v) is 3.02. The maximum atomic E-state index is 6.10. The Bertz CT molecular complexity index is 573. The molecular weight excluding hydrogens is 271 g/mol. The fourth-order valence-corrected chi connectivity index (χ4v) is 1.85. The first kappa shape index (κ1) is 12.9. The first-order chi connectivity index (χ1) is 8.60. The van der Waals surface area contributed by atoms with Gasteiger partial charge in [-0.05, 0) is 30.3 Å². The number of halogens is 2. The Morgan fingerprint density at radius 1 is 1.06 bits per heavy atom. The molecule has 0 aliphatic rings. The monoisotopic (exact) mass is 282 g/mol. The number of nitrogens with one attached hydrogen (secondary N) is 1. The van der Waals surface area contributed by atoms with Crippen LogP contribution in [0.15, 0.2) is 36.4 Å². The van der Waals surface area contributed by atoms with Gasteiger partial charge in [-0.25, -0.2) is 0 Å². The first-order valence-electron chi connectivity index (χ1n) is 5.26. The maximum Gasteiger partial charge on any atom is 0.121 e. The molecule has 3 N–H and O–H groups in total. The van der Waals surface area contributed by atoms with Gasteiger partial charge in [-0.15, -0.1) is 0 Å². The number of nitrogens with two attached hydrogens (primary N) is 1. The number of hydrogen-bond acceptors (Lipinski definition) is 3. The Labute approximate surface area is 115 Å². The molecule has 3 nitrogen and oxygen atoms in total. The van der Waals surface area contributed by atoms with Gasteiger partial charge in [-0.1, -0.05) is 23.2 Å². The number of methoxy groups -OCH3 is 1. The Balaban J connectivity index is 2.36. The molecule has 2 aromatic carbocycles. The summed E-state index contributed by atoms with van der Waals surface area (Å²) < 4.78 is 5.15. The lowest BCUT2D eigenvalue weighted by Crippen LogP contribution is -1.97. The van der Waals surface area contributed by atoms with E-state index in [9.17, 15) is 0 Å². The maximum absolute atomic E-state index is 6.10. The minimum atomic E-state index is 0.579. The summed E-state index contributed by atoms with van der Waals surface area (Å²) in [6, 6.07) is 10.5. The topological polar surface area (TPSA) is 47.3 Å². The second-order valence-electron chi connectivity index (χ2n) is 3.70. The van der Waals surface area contributed by atoms with Crippen LogP contribution in [0.3, 0.4) is 0 Å². The molecule has 0 aromatic heterocycles. The zero-order valence-corrected chi connectivity index (χ0v) is 11.2. The molecule has 0 atom stereocenters. The van der Waals surface area contributed by atoms with E-state index in [-0.39, 0.29) is 0 Å². The largest absolute Gasteiger partial charge is 0.497 e. The van der Waals surface area contributed by atoms with Gasteiger partial charge >= 0.3 is 0 Å². The fourth-order valence-electron chi connectivity index (χ4n) is 1.51. The van der Waals surface area contributed by atoms with Crippen molar-refractivity contribution in [3.63, 3.8) is 0 Å². The molecule has 94 valence electrons. The minimum Gasteiger partial charge on any atom is -0.497 e. The van der Waals surface area contributed by atoms with E-state index in [0.29, 0.717) is 32.9 Å². The molecule has 0 spiro atoms. The fraction of sp³-hybridized carbons (Fsp3) is 0.0769. The summed E-state index contributed by atoms with van der Waals surface area (Å²) in [5.74, 6) is 0.711. The predicted octanol–water partition coefficient (Wildman–Crippen LogP) is 4.33. The number of ether oxygens (including phenoxy) is 1. The zero-order valence-electron chi connectivity index (χ0n) is 9.71. The molecule has 2 aromatic rings. The molecule has 0 heterocycles. The van der Waals surface area contributed by atoms with E-state index in [1.54, 1.807) is 43.5 Å². The van der Waals surface area contributed by atoms with Gasteiger partial charge in [0.15, 0.2) is 0 Å². The normalized spacial score (nSPS) is 10.2. The zero-order chi connectivity index (χ0) is 13.1. The van der Waals surface area contributed by atoms with Crippen molar-refractivity contribution in [2.75, 3.05) is 18.2 Å². The average Bonchev–Trinajstić information content (AvgIpc) is 2.36. The molecule has 5 heteroatoms. The number of rotatable bonds is 3. The van der Waals surface area contributed by atoms with Crippen LogP contribution in [0.5, 0.6) is 5.75 Å². The molecule has 0 saturated carbocycles. The van der Waals surface area contributed by atoms with E-state index < -0.39 is 0 Å². The van der Waals surface area contributed by atoms with Crippen LogP contribution in [0, 0.1) is 0 Å². The van der Waals surface area contributed by atoms with Crippen LogP contribution in [-0.4, -0.2) is 7.11 Å². The van der Waals surface area contributed by atoms with Crippen LogP contribution in [-0.2, 0) is 0 Å². The Hall–Kier alpha value is -1.58. The molecular formula is C13H12Cl2N2O. The second-order valence-corrected chi connectivity index (χ2v) is 4.55. The van der Waals surface area contributed by atoms with Gasteiger partial charge in [0.2, 0.25) is 0 Å². The van der Waals surface area contributed by atoms with Crippen molar-refractivity contribution >= 4 is 40.3 Å². The average molecular weight is 283 g/mol. The summed E-state index contributed by atoms with van der Waals surface area (Å²) in [4.78, 5) is 0. The molecule has 0 amide bonds. The molecule has 0 radical (unpaired) electrons. The molecule has 0 aliphatic carbocycles. The standard InChI is InChI=1S/C13H12Cl2N2O/c1-18-9-3-4-10(15)12(7-9)17-13-6-8(14)2-5-11(13)16/h2-7,17H,16H2,1H3. The third kappa shape index (κ3) is 2.81. The SMILES string of the molecule is COc1ccc(Cl)c(Nc2cc(Cl)ccc2N)c1. The van der Waals surface area contributed by atoms with Crippen LogP contribution >= 0.6 is 23.2 Å². The molecule has 2 rings (SSSR count). The molecule has 0 unspecified atom stereocenters. The Kier molecular flexibility index (Phi) is 3.84. The van der Waals surface area contributed by atoms with Crippen molar-refractivity contribution < 1.29 is 4.74 Å². The first-order valence-corrected chi connectivity index (χ1v) is 6.01. The molecule has 0 bridgehead atoms. The van der Waals surface area contributed by atoms with Crippen molar-refractivity contribution in [3.8, 4) is 5.75 Å². The molecule has 0 aliphatic heterocycles. The van der Waals surface area contributed by atoms with E-state index in [1.807, 2.05) is 0 Å². The van der Waals surface area contributed by atoms with E-state index in [0.717, 1.165) is 0 Å². The Morgan fingerprint density at radius 2 is 1.83 bits per heavy atom. The molecule has 0 fully saturated rings. The van der Waals surface area contributed by atoms with Gasteiger partial charge in [0, 0.05) is 11.1 Å². The third-order valence-electron chi connectivity index (χ3n) is 2.46. The van der Waals surface area contributed by atoms with Gasteiger partial charge in [0.25, 0.3) is 0 Å². The van der Waals surface area contributed by atoms with Crippen molar-refractivity contribution in [3.05, 3.63) is 46.4 Å². The van der Waals surface area contributed by atoms with Gasteiger partial charge < -0.3 is 15.8 Å². The van der Waals surface area contributed by atoms with Crippen LogP contribution in [0.2, 0.25) is 10.0 Å². The van der Waals surface area contributed by atoms with E-state index >= 15 is 0 Å². The highest BCUT2D eigenvalue weighted by atomic mass is 35.5. The van der Waals surface area contributed by atoms with Crippen LogP contribution < -0.4 is 15.8 Å². The summed E-state index contributed by atoms with van der Waals surface area (Å²) in [6.45, 7) is 0. The lowest BCUT2D eigenvalue weighted by molar-refractivity contribution is 0.415. The second kappa shape index (κ2) is 5.38. The quantitative estimate of drug-likeness (QED) is 0.824. The predicted molar refractivity (Wildman–Crippen MR) is 77.2 cm³/mol. The highest BCUT2D eigenvalue weighted by Crippen LogP contribution is 2.32. The number of nitrogen functional groups attached to an aromatic ring is 1. The van der Waals surface area contributed by atoms with Gasteiger partial charge in [-0.2, -0.15) is 0 Å². The van der Waals surface area contributed by atoms with Crippen molar-refractivity contribution in [2.45, 2.75) is 0 Å². The molecule has 18 heavy (non-hydrogen) atoms. The van der Waals surface area contributed by atoms with Crippen molar-refractivity contribution in [1.82, 2.24) is 0 Å². The van der Waals surface area contributed by atoms with E-state index in [4.69, 9.17) is 33.7 Å². The minimum absolute atomic E-state index is 0.579. The van der Waals surface area contributed by atoms with Crippen molar-refractivity contribution in [1.29, 1.82) is 0 Å². The van der Waals surface area contributed by atoms with Crippen LogP contribution in [0.1, 0.15) is 0 Å². The van der Waals surface area contributed by atoms with Crippen molar-refractivity contribution in [2.24, 2.45) is 0 Å². The summed E-state index contributed by atoms with van der Waals surface area (Å²) in [5, 5.41) is 4.32. The lowest BCUT2D eigenvalue weighted by Gasteiger charge is -2.12.